The number of nitrogens with one attached hydrogen (secondary N) is 1. The summed E-state index contributed by atoms with van der Waals surface area (Å²) in [5.41, 5.74) is 0. The van der Waals surface area contributed by atoms with Gasteiger partial charge >= 0.3 is 0 Å². The molecule has 0 spiro atoms. The highest BCUT2D eigenvalue weighted by Crippen LogP contribution is 2.30. The molecule has 0 radical (unpaired) electrons. The van der Waals surface area contributed by atoms with Gasteiger partial charge in [0.1, 0.15) is 48.8 Å². The van der Waals surface area contributed by atoms with E-state index >= 15 is 0 Å². The van der Waals surface area contributed by atoms with Crippen LogP contribution in [0.15, 0.2) is 0 Å². The number of aliphatic hydroxyl groups excluding tert-OH is 8. The standard InChI is InChI=1S/C40H77NO13/c1-3-5-7-8-9-10-11-12-13-14-15-16-17-18-19-20-22-23-29(44)28(41-32(45)24-21-6-4-2)27-51-39-37(50)35(48)38(31(26-43)53-39)54-40-36(49)34(47)33(46)30(25-42)52-40/h28-31,33-40,42-44,46-50H,3-27H2,1-2H3,(H,41,45). The van der Waals surface area contributed by atoms with Crippen LogP contribution in [-0.4, -0.2) is 140 Å². The summed E-state index contributed by atoms with van der Waals surface area (Å²) < 4.78 is 22.5. The molecule has 0 aliphatic carbocycles. The smallest absolute Gasteiger partial charge is 0.220 e. The molecule has 9 N–H and O–H groups in total. The molecule has 2 aliphatic heterocycles. The van der Waals surface area contributed by atoms with Crippen LogP contribution >= 0.6 is 0 Å². The van der Waals surface area contributed by atoms with E-state index in [0.717, 1.165) is 38.5 Å². The highest BCUT2D eigenvalue weighted by atomic mass is 16.7. The Morgan fingerprint density at radius 1 is 0.593 bits per heavy atom. The molecule has 2 saturated heterocycles. The third kappa shape index (κ3) is 18.1. The highest BCUT2D eigenvalue weighted by Gasteiger charge is 2.50. The number of ether oxygens (including phenoxy) is 4. The maximum atomic E-state index is 12.7. The number of amides is 1. The average Bonchev–Trinajstić information content (AvgIpc) is 3.16. The molecule has 1 amide bonds. The second-order valence-corrected chi connectivity index (χ2v) is 15.5. The van der Waals surface area contributed by atoms with Crippen molar-refractivity contribution in [2.24, 2.45) is 0 Å². The molecule has 0 aromatic heterocycles. The van der Waals surface area contributed by atoms with Crippen molar-refractivity contribution in [3.05, 3.63) is 0 Å². The Labute approximate surface area is 323 Å². The van der Waals surface area contributed by atoms with Gasteiger partial charge in [0.25, 0.3) is 0 Å². The molecule has 320 valence electrons. The van der Waals surface area contributed by atoms with Gasteiger partial charge in [-0.25, -0.2) is 0 Å². The fourth-order valence-corrected chi connectivity index (χ4v) is 7.23. The quantitative estimate of drug-likeness (QED) is 0.0462. The number of rotatable bonds is 31. The molecule has 54 heavy (non-hydrogen) atoms. The molecule has 0 bridgehead atoms. The van der Waals surface area contributed by atoms with E-state index < -0.39 is 86.8 Å². The Bertz CT molecular complexity index is 930. The minimum atomic E-state index is -1.78. The SMILES string of the molecule is CCCCCCCCCCCCCCCCCCCC(O)C(COC1OC(CO)C(OC2OC(CO)C(O)C(O)C2O)C(O)C1O)NC(=O)CCCCC. The maximum Gasteiger partial charge on any atom is 0.220 e. The largest absolute Gasteiger partial charge is 0.394 e. The predicted molar refractivity (Wildman–Crippen MR) is 203 cm³/mol. The van der Waals surface area contributed by atoms with Crippen molar-refractivity contribution in [1.82, 2.24) is 5.32 Å². The summed E-state index contributed by atoms with van der Waals surface area (Å²) in [6.45, 7) is 2.65. The fraction of sp³-hybridized carbons (Fsp3) is 0.975. The van der Waals surface area contributed by atoms with E-state index in [-0.39, 0.29) is 12.5 Å². The lowest BCUT2D eigenvalue weighted by Gasteiger charge is -2.46. The van der Waals surface area contributed by atoms with E-state index in [4.69, 9.17) is 18.9 Å². The average molecular weight is 780 g/mol. The molecule has 14 nitrogen and oxygen atoms in total. The summed E-state index contributed by atoms with van der Waals surface area (Å²) in [6.07, 6.45) is 7.90. The Balaban J connectivity index is 1.78. The normalized spacial score (nSPS) is 30.0. The van der Waals surface area contributed by atoms with Crippen LogP contribution in [0.5, 0.6) is 0 Å². The van der Waals surface area contributed by atoms with E-state index in [1.807, 2.05) is 6.92 Å². The summed E-state index contributed by atoms with van der Waals surface area (Å²) in [7, 11) is 0. The molecule has 2 rings (SSSR count). The van der Waals surface area contributed by atoms with Crippen molar-refractivity contribution in [1.29, 1.82) is 0 Å². The van der Waals surface area contributed by atoms with Gasteiger partial charge in [-0.2, -0.15) is 0 Å². The zero-order chi connectivity index (χ0) is 39.7. The summed E-state index contributed by atoms with van der Waals surface area (Å²) in [4.78, 5) is 12.7. The second-order valence-electron chi connectivity index (χ2n) is 15.5. The molecule has 2 aliphatic rings. The van der Waals surface area contributed by atoms with Crippen LogP contribution in [0.2, 0.25) is 0 Å². The molecular weight excluding hydrogens is 702 g/mol. The number of carbonyl (C=O) groups is 1. The number of aliphatic hydroxyl groups is 8. The molecule has 2 heterocycles. The van der Waals surface area contributed by atoms with Crippen molar-refractivity contribution >= 4 is 5.91 Å². The molecule has 0 aromatic rings. The number of unbranched alkanes of at least 4 members (excludes halogenated alkanes) is 18. The fourth-order valence-electron chi connectivity index (χ4n) is 7.23. The van der Waals surface area contributed by atoms with Crippen LogP contribution in [0.25, 0.3) is 0 Å². The van der Waals surface area contributed by atoms with E-state index in [1.165, 1.54) is 83.5 Å². The Morgan fingerprint density at radius 2 is 1.06 bits per heavy atom. The van der Waals surface area contributed by atoms with Crippen LogP contribution in [0.3, 0.4) is 0 Å². The van der Waals surface area contributed by atoms with Gasteiger partial charge in [-0.1, -0.05) is 136 Å². The number of carbonyl (C=O) groups excluding carboxylic acids is 1. The third-order valence-corrected chi connectivity index (χ3v) is 10.8. The van der Waals surface area contributed by atoms with E-state index in [0.29, 0.717) is 19.3 Å². The first-order valence-corrected chi connectivity index (χ1v) is 21.3. The summed E-state index contributed by atoms with van der Waals surface area (Å²) in [6, 6.07) is -0.816. The van der Waals surface area contributed by atoms with Crippen molar-refractivity contribution in [2.45, 2.75) is 229 Å². The van der Waals surface area contributed by atoms with Crippen molar-refractivity contribution in [2.75, 3.05) is 19.8 Å². The number of hydrogen-bond donors (Lipinski definition) is 9. The molecule has 2 fully saturated rings. The minimum absolute atomic E-state index is 0.232. The van der Waals surface area contributed by atoms with Crippen molar-refractivity contribution in [3.8, 4) is 0 Å². The van der Waals surface area contributed by atoms with Gasteiger partial charge in [0.15, 0.2) is 12.6 Å². The van der Waals surface area contributed by atoms with Crippen LogP contribution in [0, 0.1) is 0 Å². The van der Waals surface area contributed by atoms with Crippen molar-refractivity contribution in [3.63, 3.8) is 0 Å². The van der Waals surface area contributed by atoms with E-state index in [2.05, 4.69) is 12.2 Å². The summed E-state index contributed by atoms with van der Waals surface area (Å²) in [5.74, 6) is -0.232. The Morgan fingerprint density at radius 3 is 1.57 bits per heavy atom. The first kappa shape index (κ1) is 49.1. The number of hydrogen-bond acceptors (Lipinski definition) is 13. The molecule has 12 atom stereocenters. The van der Waals surface area contributed by atoms with Gasteiger partial charge < -0.3 is 65.1 Å². The molecule has 0 aromatic carbocycles. The zero-order valence-corrected chi connectivity index (χ0v) is 33.2. The van der Waals surface area contributed by atoms with Gasteiger partial charge in [0.2, 0.25) is 5.91 Å². The monoisotopic (exact) mass is 780 g/mol. The van der Waals surface area contributed by atoms with E-state index in [9.17, 15) is 45.6 Å². The van der Waals surface area contributed by atoms with Crippen LogP contribution in [0.4, 0.5) is 0 Å². The molecule has 0 saturated carbocycles. The lowest BCUT2D eigenvalue weighted by molar-refractivity contribution is -0.359. The molecule has 12 unspecified atom stereocenters. The Hall–Kier alpha value is -1.01. The molecule has 14 heteroatoms. The van der Waals surface area contributed by atoms with Gasteiger partial charge in [0, 0.05) is 6.42 Å². The first-order valence-electron chi connectivity index (χ1n) is 21.3. The van der Waals surface area contributed by atoms with Crippen LogP contribution in [-0.2, 0) is 23.7 Å². The van der Waals surface area contributed by atoms with Crippen LogP contribution < -0.4 is 5.32 Å². The third-order valence-electron chi connectivity index (χ3n) is 10.8. The first-order chi connectivity index (χ1) is 26.1. The highest BCUT2D eigenvalue weighted by molar-refractivity contribution is 5.76. The zero-order valence-electron chi connectivity index (χ0n) is 33.2. The van der Waals surface area contributed by atoms with Gasteiger partial charge in [-0.15, -0.1) is 0 Å². The van der Waals surface area contributed by atoms with E-state index in [1.54, 1.807) is 0 Å². The lowest BCUT2D eigenvalue weighted by atomic mass is 9.97. The minimum Gasteiger partial charge on any atom is -0.394 e. The predicted octanol–water partition coefficient (Wildman–Crippen LogP) is 3.09. The van der Waals surface area contributed by atoms with Gasteiger partial charge in [0.05, 0.1) is 32.0 Å². The second kappa shape index (κ2) is 29.2. The van der Waals surface area contributed by atoms with Crippen molar-refractivity contribution < 1.29 is 64.6 Å². The molecular formula is C40H77NO13. The van der Waals surface area contributed by atoms with Crippen LogP contribution in [0.1, 0.15) is 155 Å². The lowest BCUT2D eigenvalue weighted by Crippen LogP contribution is -2.65. The summed E-state index contributed by atoms with van der Waals surface area (Å²) in [5, 5.41) is 85.9. The maximum absolute atomic E-state index is 12.7. The summed E-state index contributed by atoms with van der Waals surface area (Å²) >= 11 is 0. The topological polar surface area (TPSA) is 228 Å². The van der Waals surface area contributed by atoms with Gasteiger partial charge in [-0.05, 0) is 12.8 Å². The van der Waals surface area contributed by atoms with Gasteiger partial charge in [-0.3, -0.25) is 4.79 Å². The Kier molecular flexibility index (Phi) is 26.6.